The zero-order valence-electron chi connectivity index (χ0n) is 12.7. The van der Waals surface area contributed by atoms with Crippen molar-refractivity contribution in [2.75, 3.05) is 12.0 Å². The van der Waals surface area contributed by atoms with Crippen LogP contribution in [0.25, 0.3) is 0 Å². The number of ether oxygens (including phenoxy) is 1. The first-order valence-corrected chi connectivity index (χ1v) is 8.05. The third-order valence-electron chi connectivity index (χ3n) is 3.41. The molecule has 2 aromatic heterocycles. The van der Waals surface area contributed by atoms with Crippen molar-refractivity contribution in [1.29, 1.82) is 0 Å². The Balaban J connectivity index is 1.93. The molecule has 0 saturated carbocycles. The molecule has 0 aliphatic carbocycles. The van der Waals surface area contributed by atoms with E-state index in [0.717, 1.165) is 16.3 Å². The average Bonchev–Trinajstić information content (AvgIpc) is 3.13. The Morgan fingerprint density at radius 3 is 2.57 bits per heavy atom. The number of thiophene rings is 1. The first-order chi connectivity index (χ1) is 11.3. The maximum atomic E-state index is 12.9. The van der Waals surface area contributed by atoms with Crippen molar-refractivity contribution >= 4 is 22.9 Å². The van der Waals surface area contributed by atoms with Gasteiger partial charge in [0, 0.05) is 16.8 Å². The lowest BCUT2D eigenvalue weighted by Gasteiger charge is -2.22. The quantitative estimate of drug-likeness (QED) is 0.712. The highest BCUT2D eigenvalue weighted by Gasteiger charge is 2.19. The Kier molecular flexibility index (Phi) is 4.68. The molecule has 1 amide bonds. The molecule has 0 aliphatic heterocycles. The number of nitrogens with zero attached hydrogens (tertiary/aromatic N) is 2. The van der Waals surface area contributed by atoms with Gasteiger partial charge in [-0.05, 0) is 47.8 Å². The number of amides is 1. The highest BCUT2D eigenvalue weighted by Crippen LogP contribution is 2.24. The van der Waals surface area contributed by atoms with Gasteiger partial charge in [0.25, 0.3) is 5.91 Å². The molecule has 2 heterocycles. The summed E-state index contributed by atoms with van der Waals surface area (Å²) in [5.74, 6) is 0.638. The van der Waals surface area contributed by atoms with Crippen molar-refractivity contribution in [2.24, 2.45) is 0 Å². The van der Waals surface area contributed by atoms with Crippen LogP contribution >= 0.6 is 11.3 Å². The number of pyridine rings is 1. The van der Waals surface area contributed by atoms with Crippen LogP contribution in [0.1, 0.15) is 15.4 Å². The Morgan fingerprint density at radius 1 is 1.13 bits per heavy atom. The van der Waals surface area contributed by atoms with Crippen LogP contribution in [0.15, 0.2) is 66.2 Å². The van der Waals surface area contributed by atoms with Gasteiger partial charge >= 0.3 is 0 Å². The Hall–Kier alpha value is -2.66. The smallest absolute Gasteiger partial charge is 0.277 e. The summed E-state index contributed by atoms with van der Waals surface area (Å²) in [4.78, 5) is 19.9. The van der Waals surface area contributed by atoms with E-state index in [1.807, 2.05) is 47.8 Å². The third-order valence-corrected chi connectivity index (χ3v) is 4.27. The second kappa shape index (κ2) is 7.07. The normalized spacial score (nSPS) is 10.3. The number of benzene rings is 1. The Morgan fingerprint density at radius 2 is 1.96 bits per heavy atom. The molecule has 116 valence electrons. The summed E-state index contributed by atoms with van der Waals surface area (Å²) in [6.45, 7) is 0.513. The number of carbonyl (C=O) groups excluding carboxylic acids is 1. The van der Waals surface area contributed by atoms with Crippen LogP contribution < -0.4 is 9.64 Å². The molecule has 3 rings (SSSR count). The zero-order chi connectivity index (χ0) is 16.1. The molecule has 0 aliphatic rings. The predicted octanol–water partition coefficient (Wildman–Crippen LogP) is 4.00. The van der Waals surface area contributed by atoms with E-state index in [0.29, 0.717) is 12.2 Å². The number of hydrogen-bond acceptors (Lipinski definition) is 4. The molecular weight excluding hydrogens is 308 g/mol. The van der Waals surface area contributed by atoms with Crippen LogP contribution in [-0.2, 0) is 6.54 Å². The third kappa shape index (κ3) is 3.57. The molecule has 5 heteroatoms. The molecule has 0 radical (unpaired) electrons. The number of anilines is 1. The Labute approximate surface area is 139 Å². The summed E-state index contributed by atoms with van der Waals surface area (Å²) in [5, 5.41) is 2.01. The maximum Gasteiger partial charge on any atom is 0.277 e. The number of hydrogen-bond donors (Lipinski definition) is 0. The summed E-state index contributed by atoms with van der Waals surface area (Å²) < 4.78 is 5.19. The lowest BCUT2D eigenvalue weighted by atomic mass is 10.2. The second-order valence-corrected chi connectivity index (χ2v) is 5.92. The first kappa shape index (κ1) is 15.2. The van der Waals surface area contributed by atoms with Crippen molar-refractivity contribution in [3.8, 4) is 5.75 Å². The van der Waals surface area contributed by atoms with Crippen molar-refractivity contribution in [1.82, 2.24) is 4.98 Å². The fourth-order valence-electron chi connectivity index (χ4n) is 2.23. The lowest BCUT2D eigenvalue weighted by Crippen LogP contribution is -2.30. The van der Waals surface area contributed by atoms with E-state index < -0.39 is 0 Å². The van der Waals surface area contributed by atoms with E-state index in [1.54, 1.807) is 41.7 Å². The minimum atomic E-state index is -0.121. The summed E-state index contributed by atoms with van der Waals surface area (Å²) >= 11 is 1.63. The summed E-state index contributed by atoms with van der Waals surface area (Å²) in [7, 11) is 1.62. The minimum absolute atomic E-state index is 0.121. The highest BCUT2D eigenvalue weighted by molar-refractivity contribution is 7.09. The summed E-state index contributed by atoms with van der Waals surface area (Å²) in [6.07, 6.45) is 1.63. The number of aromatic nitrogens is 1. The van der Waals surface area contributed by atoms with E-state index in [1.165, 1.54) is 0 Å². The van der Waals surface area contributed by atoms with E-state index in [4.69, 9.17) is 4.74 Å². The van der Waals surface area contributed by atoms with Gasteiger partial charge in [-0.25, -0.2) is 0 Å². The first-order valence-electron chi connectivity index (χ1n) is 7.17. The number of rotatable bonds is 5. The van der Waals surface area contributed by atoms with Crippen molar-refractivity contribution in [3.05, 3.63) is 76.7 Å². The highest BCUT2D eigenvalue weighted by atomic mass is 32.1. The molecule has 1 aromatic carbocycles. The van der Waals surface area contributed by atoms with Gasteiger partial charge in [-0.2, -0.15) is 0 Å². The topological polar surface area (TPSA) is 42.4 Å². The van der Waals surface area contributed by atoms with Crippen LogP contribution in [0, 0.1) is 0 Å². The van der Waals surface area contributed by atoms with E-state index in [-0.39, 0.29) is 5.91 Å². The lowest BCUT2D eigenvalue weighted by molar-refractivity contribution is 0.0980. The molecule has 0 atom stereocenters. The van der Waals surface area contributed by atoms with Gasteiger partial charge in [-0.3, -0.25) is 9.78 Å². The SMILES string of the molecule is COc1ccc(N(Cc2cccs2)C(=O)c2ccccn2)cc1. The van der Waals surface area contributed by atoms with Crippen molar-refractivity contribution in [3.63, 3.8) is 0 Å². The standard InChI is InChI=1S/C18H16N2O2S/c1-22-15-9-7-14(8-10-15)20(13-16-5-4-12-23-16)18(21)17-6-2-3-11-19-17/h2-12H,13H2,1H3. The zero-order valence-corrected chi connectivity index (χ0v) is 13.5. The van der Waals surface area contributed by atoms with Crippen LogP contribution in [0.5, 0.6) is 5.75 Å². The molecule has 0 fully saturated rings. The van der Waals surface area contributed by atoms with Gasteiger partial charge < -0.3 is 9.64 Å². The molecule has 0 bridgehead atoms. The minimum Gasteiger partial charge on any atom is -0.497 e. The monoisotopic (exact) mass is 324 g/mol. The van der Waals surface area contributed by atoms with Crippen LogP contribution in [0.3, 0.4) is 0 Å². The molecule has 0 spiro atoms. The van der Waals surface area contributed by atoms with Crippen LogP contribution in [0.2, 0.25) is 0 Å². The number of methoxy groups -OCH3 is 1. The largest absolute Gasteiger partial charge is 0.497 e. The van der Waals surface area contributed by atoms with Gasteiger partial charge in [0.2, 0.25) is 0 Å². The van der Waals surface area contributed by atoms with Crippen molar-refractivity contribution < 1.29 is 9.53 Å². The van der Waals surface area contributed by atoms with Crippen LogP contribution in [0.4, 0.5) is 5.69 Å². The molecule has 4 nitrogen and oxygen atoms in total. The van der Waals surface area contributed by atoms with E-state index >= 15 is 0 Å². The van der Waals surface area contributed by atoms with Crippen molar-refractivity contribution in [2.45, 2.75) is 6.54 Å². The van der Waals surface area contributed by atoms with Crippen LogP contribution in [-0.4, -0.2) is 18.0 Å². The molecule has 23 heavy (non-hydrogen) atoms. The molecule has 0 unspecified atom stereocenters. The molecule has 0 saturated heterocycles. The summed E-state index contributed by atoms with van der Waals surface area (Å²) in [6, 6.07) is 16.8. The summed E-state index contributed by atoms with van der Waals surface area (Å²) in [5.41, 5.74) is 1.25. The second-order valence-electron chi connectivity index (χ2n) is 4.88. The number of carbonyl (C=O) groups is 1. The van der Waals surface area contributed by atoms with E-state index in [2.05, 4.69) is 4.98 Å². The Bertz CT molecular complexity index is 755. The van der Waals surface area contributed by atoms with Gasteiger partial charge in [0.05, 0.1) is 13.7 Å². The predicted molar refractivity (Wildman–Crippen MR) is 92.1 cm³/mol. The maximum absolute atomic E-state index is 12.9. The van der Waals surface area contributed by atoms with Gasteiger partial charge in [0.1, 0.15) is 11.4 Å². The average molecular weight is 324 g/mol. The van der Waals surface area contributed by atoms with Gasteiger partial charge in [0.15, 0.2) is 0 Å². The van der Waals surface area contributed by atoms with E-state index in [9.17, 15) is 4.79 Å². The molecule has 0 N–H and O–H groups in total. The van der Waals surface area contributed by atoms with Gasteiger partial charge in [-0.1, -0.05) is 12.1 Å². The molecular formula is C18H16N2O2S. The molecule has 3 aromatic rings. The fourth-order valence-corrected chi connectivity index (χ4v) is 2.92. The van der Waals surface area contributed by atoms with Gasteiger partial charge in [-0.15, -0.1) is 11.3 Å². The fraction of sp³-hybridized carbons (Fsp3) is 0.111.